The molecule has 1 aliphatic rings. The SMILES string of the molecule is CCc1cccc(-n2nnn(C)c2=O)c1COc1ccc(B2OC(C)(C)C(C)(C)O2)cc1C. The minimum Gasteiger partial charge on any atom is -0.489 e. The Morgan fingerprint density at radius 1 is 1.06 bits per heavy atom. The molecule has 1 aromatic heterocycles. The van der Waals surface area contributed by atoms with E-state index in [0.717, 1.165) is 34.3 Å². The summed E-state index contributed by atoms with van der Waals surface area (Å²) >= 11 is 0. The number of aromatic nitrogens is 4. The predicted octanol–water partition coefficient (Wildman–Crippen LogP) is 2.72. The average Bonchev–Trinajstić information content (AvgIpc) is 3.20. The molecule has 4 rings (SSSR count). The number of nitrogens with zero attached hydrogens (tertiary/aromatic N) is 4. The zero-order valence-corrected chi connectivity index (χ0v) is 20.4. The standard InChI is InChI=1S/C24H31BN4O4/c1-8-17-10-9-11-20(29-22(30)28(7)26-27-29)19(17)15-31-21-13-12-18(14-16(21)2)25-32-23(3,4)24(5,6)33-25/h9-14H,8,15H2,1-7H3. The summed E-state index contributed by atoms with van der Waals surface area (Å²) in [7, 11) is 1.16. The molecule has 3 aromatic rings. The van der Waals surface area contributed by atoms with Gasteiger partial charge in [0.2, 0.25) is 0 Å². The van der Waals surface area contributed by atoms with Gasteiger partial charge in [0.25, 0.3) is 0 Å². The summed E-state index contributed by atoms with van der Waals surface area (Å²) in [6.45, 7) is 12.6. The van der Waals surface area contributed by atoms with Crippen LogP contribution >= 0.6 is 0 Å². The molecule has 0 aliphatic carbocycles. The van der Waals surface area contributed by atoms with Crippen LogP contribution in [-0.2, 0) is 29.4 Å². The molecule has 0 atom stereocenters. The van der Waals surface area contributed by atoms with Gasteiger partial charge in [-0.3, -0.25) is 0 Å². The highest BCUT2D eigenvalue weighted by Gasteiger charge is 2.51. The summed E-state index contributed by atoms with van der Waals surface area (Å²) in [4.78, 5) is 12.4. The van der Waals surface area contributed by atoms with E-state index in [9.17, 15) is 4.79 Å². The van der Waals surface area contributed by atoms with Gasteiger partial charge in [-0.2, -0.15) is 9.36 Å². The summed E-state index contributed by atoms with van der Waals surface area (Å²) in [5.74, 6) is 0.763. The Hall–Kier alpha value is -2.91. The van der Waals surface area contributed by atoms with E-state index in [1.54, 1.807) is 7.05 Å². The quantitative estimate of drug-likeness (QED) is 0.538. The Morgan fingerprint density at radius 2 is 1.76 bits per heavy atom. The zero-order chi connectivity index (χ0) is 24.0. The van der Waals surface area contributed by atoms with E-state index in [1.165, 1.54) is 9.36 Å². The molecular formula is C24H31BN4O4. The molecule has 8 nitrogen and oxygen atoms in total. The fraction of sp³-hybridized carbons (Fsp3) is 0.458. The first kappa shape index (κ1) is 23.3. The van der Waals surface area contributed by atoms with Crippen molar-refractivity contribution in [3.8, 4) is 11.4 Å². The highest BCUT2D eigenvalue weighted by atomic mass is 16.7. The highest BCUT2D eigenvalue weighted by Crippen LogP contribution is 2.36. The molecule has 0 amide bonds. The Labute approximate surface area is 194 Å². The highest BCUT2D eigenvalue weighted by molar-refractivity contribution is 6.62. The van der Waals surface area contributed by atoms with Crippen LogP contribution in [0.4, 0.5) is 0 Å². The molecule has 2 aromatic carbocycles. The van der Waals surface area contributed by atoms with Crippen molar-refractivity contribution >= 4 is 12.6 Å². The monoisotopic (exact) mass is 450 g/mol. The molecule has 1 aliphatic heterocycles. The van der Waals surface area contributed by atoms with Crippen LogP contribution in [0.2, 0.25) is 0 Å². The van der Waals surface area contributed by atoms with Crippen molar-refractivity contribution < 1.29 is 14.0 Å². The van der Waals surface area contributed by atoms with Crippen LogP contribution in [0.15, 0.2) is 41.2 Å². The van der Waals surface area contributed by atoms with E-state index in [1.807, 2.05) is 71.0 Å². The molecule has 0 spiro atoms. The van der Waals surface area contributed by atoms with Crippen molar-refractivity contribution in [3.63, 3.8) is 0 Å². The summed E-state index contributed by atoms with van der Waals surface area (Å²) in [6, 6.07) is 11.8. The van der Waals surface area contributed by atoms with E-state index in [0.29, 0.717) is 12.3 Å². The van der Waals surface area contributed by atoms with Crippen molar-refractivity contribution in [1.29, 1.82) is 0 Å². The van der Waals surface area contributed by atoms with Crippen LogP contribution in [0.3, 0.4) is 0 Å². The molecule has 0 unspecified atom stereocenters. The van der Waals surface area contributed by atoms with Crippen molar-refractivity contribution in [2.24, 2.45) is 7.05 Å². The Bertz CT molecular complexity index is 1220. The van der Waals surface area contributed by atoms with Gasteiger partial charge < -0.3 is 14.0 Å². The van der Waals surface area contributed by atoms with Crippen LogP contribution < -0.4 is 15.9 Å². The van der Waals surface area contributed by atoms with Gasteiger partial charge in [0.05, 0.1) is 16.9 Å². The average molecular weight is 450 g/mol. The Morgan fingerprint density at radius 3 is 2.33 bits per heavy atom. The van der Waals surface area contributed by atoms with Gasteiger partial charge in [0.15, 0.2) is 0 Å². The van der Waals surface area contributed by atoms with E-state index in [4.69, 9.17) is 14.0 Å². The molecule has 9 heteroatoms. The van der Waals surface area contributed by atoms with E-state index < -0.39 is 7.12 Å². The van der Waals surface area contributed by atoms with Crippen molar-refractivity contribution in [2.45, 2.75) is 65.8 Å². The maximum atomic E-state index is 12.4. The van der Waals surface area contributed by atoms with Crippen LogP contribution in [0.5, 0.6) is 5.75 Å². The van der Waals surface area contributed by atoms with Gasteiger partial charge in [-0.25, -0.2) is 4.79 Å². The van der Waals surface area contributed by atoms with E-state index in [2.05, 4.69) is 17.4 Å². The van der Waals surface area contributed by atoms with Gasteiger partial charge in [0.1, 0.15) is 12.4 Å². The Kier molecular flexibility index (Phi) is 5.96. The van der Waals surface area contributed by atoms with Crippen LogP contribution in [-0.4, -0.2) is 38.1 Å². The lowest BCUT2D eigenvalue weighted by molar-refractivity contribution is 0.00578. The molecule has 33 heavy (non-hydrogen) atoms. The first-order valence-electron chi connectivity index (χ1n) is 11.2. The number of aryl methyl sites for hydroxylation is 3. The molecule has 1 fully saturated rings. The fourth-order valence-corrected chi connectivity index (χ4v) is 3.89. The summed E-state index contributed by atoms with van der Waals surface area (Å²) in [6.07, 6.45) is 0.807. The van der Waals surface area contributed by atoms with Crippen LogP contribution in [0.25, 0.3) is 5.69 Å². The van der Waals surface area contributed by atoms with Crippen LogP contribution in [0.1, 0.15) is 51.3 Å². The van der Waals surface area contributed by atoms with Gasteiger partial charge in [0, 0.05) is 12.6 Å². The minimum absolute atomic E-state index is 0.299. The molecule has 0 radical (unpaired) electrons. The van der Waals surface area contributed by atoms with Crippen LogP contribution in [0, 0.1) is 6.92 Å². The number of rotatable bonds is 6. The third-order valence-corrected chi connectivity index (χ3v) is 6.68. The summed E-state index contributed by atoms with van der Waals surface area (Å²) in [5.41, 5.74) is 3.55. The lowest BCUT2D eigenvalue weighted by atomic mass is 9.78. The number of ether oxygens (including phenoxy) is 1. The third-order valence-electron chi connectivity index (χ3n) is 6.68. The molecular weight excluding hydrogens is 419 g/mol. The van der Waals surface area contributed by atoms with Gasteiger partial charge in [-0.05, 0) is 80.2 Å². The number of tetrazole rings is 1. The second kappa shape index (κ2) is 8.46. The number of benzene rings is 2. The molecule has 0 bridgehead atoms. The van der Waals surface area contributed by atoms with Crippen molar-refractivity contribution in [2.75, 3.05) is 0 Å². The molecule has 0 N–H and O–H groups in total. The lowest BCUT2D eigenvalue weighted by Crippen LogP contribution is -2.41. The van der Waals surface area contributed by atoms with Crippen molar-refractivity contribution in [1.82, 2.24) is 19.8 Å². The van der Waals surface area contributed by atoms with E-state index >= 15 is 0 Å². The molecule has 174 valence electrons. The number of hydrogen-bond acceptors (Lipinski definition) is 6. The first-order chi connectivity index (χ1) is 15.5. The fourth-order valence-electron chi connectivity index (χ4n) is 3.89. The maximum Gasteiger partial charge on any atom is 0.494 e. The first-order valence-corrected chi connectivity index (χ1v) is 11.2. The normalized spacial score (nSPS) is 16.9. The zero-order valence-electron chi connectivity index (χ0n) is 20.4. The maximum absolute atomic E-state index is 12.4. The van der Waals surface area contributed by atoms with Crippen molar-refractivity contribution in [3.05, 3.63) is 63.6 Å². The molecule has 1 saturated heterocycles. The minimum atomic E-state index is -0.418. The number of hydrogen-bond donors (Lipinski definition) is 0. The van der Waals surface area contributed by atoms with E-state index in [-0.39, 0.29) is 16.9 Å². The predicted molar refractivity (Wildman–Crippen MR) is 127 cm³/mol. The van der Waals surface area contributed by atoms with Gasteiger partial charge in [-0.1, -0.05) is 31.2 Å². The third kappa shape index (κ3) is 4.23. The molecule has 2 heterocycles. The second-order valence-electron chi connectivity index (χ2n) is 9.47. The molecule has 0 saturated carbocycles. The summed E-state index contributed by atoms with van der Waals surface area (Å²) in [5, 5.41) is 7.85. The summed E-state index contributed by atoms with van der Waals surface area (Å²) < 4.78 is 21.1. The topological polar surface area (TPSA) is 80.4 Å². The second-order valence-corrected chi connectivity index (χ2v) is 9.47. The Balaban J connectivity index is 1.58. The lowest BCUT2D eigenvalue weighted by Gasteiger charge is -2.32. The van der Waals surface area contributed by atoms with Gasteiger partial charge in [-0.15, -0.1) is 0 Å². The van der Waals surface area contributed by atoms with Gasteiger partial charge >= 0.3 is 12.8 Å². The largest absolute Gasteiger partial charge is 0.494 e. The smallest absolute Gasteiger partial charge is 0.489 e.